The molecular formula is C16H19ClN2. The highest BCUT2D eigenvalue weighted by atomic mass is 35.5. The average molecular weight is 275 g/mol. The lowest BCUT2D eigenvalue weighted by molar-refractivity contribution is 1.10. The lowest BCUT2D eigenvalue weighted by atomic mass is 10.1. The Balaban J connectivity index is 2.07. The number of nitrogens with one attached hydrogen (secondary N) is 1. The van der Waals surface area contributed by atoms with E-state index >= 15 is 0 Å². The number of rotatable bonds is 4. The van der Waals surface area contributed by atoms with Gasteiger partial charge >= 0.3 is 0 Å². The summed E-state index contributed by atoms with van der Waals surface area (Å²) in [7, 11) is 0. The Morgan fingerprint density at radius 3 is 2.37 bits per heavy atom. The number of hydrogen-bond donors (Lipinski definition) is 2. The predicted molar refractivity (Wildman–Crippen MR) is 83.7 cm³/mol. The molecule has 3 heteroatoms. The van der Waals surface area contributed by atoms with E-state index in [4.69, 9.17) is 17.3 Å². The Labute approximate surface area is 119 Å². The van der Waals surface area contributed by atoms with Crippen LogP contribution in [0.25, 0.3) is 0 Å². The zero-order valence-electron chi connectivity index (χ0n) is 11.3. The molecular weight excluding hydrogens is 256 g/mol. The summed E-state index contributed by atoms with van der Waals surface area (Å²) in [4.78, 5) is 0. The first-order valence-electron chi connectivity index (χ1n) is 6.47. The minimum Gasteiger partial charge on any atom is -0.398 e. The summed E-state index contributed by atoms with van der Waals surface area (Å²) >= 11 is 6.04. The van der Waals surface area contributed by atoms with Crippen molar-refractivity contribution in [1.29, 1.82) is 0 Å². The van der Waals surface area contributed by atoms with Crippen LogP contribution < -0.4 is 11.1 Å². The Morgan fingerprint density at radius 1 is 1.11 bits per heavy atom. The van der Waals surface area contributed by atoms with Gasteiger partial charge in [-0.15, -0.1) is 0 Å². The van der Waals surface area contributed by atoms with Gasteiger partial charge in [0.05, 0.1) is 10.7 Å². The largest absolute Gasteiger partial charge is 0.398 e. The molecule has 3 N–H and O–H groups in total. The lowest BCUT2D eigenvalue weighted by Gasteiger charge is -2.12. The van der Waals surface area contributed by atoms with Crippen LogP contribution in [0.3, 0.4) is 0 Å². The smallest absolute Gasteiger partial charge is 0.0656 e. The summed E-state index contributed by atoms with van der Waals surface area (Å²) in [5, 5.41) is 3.99. The molecule has 0 amide bonds. The van der Waals surface area contributed by atoms with Crippen molar-refractivity contribution < 1.29 is 0 Å². The van der Waals surface area contributed by atoms with Crippen molar-refractivity contribution in [2.75, 3.05) is 11.1 Å². The summed E-state index contributed by atoms with van der Waals surface area (Å²) in [5.41, 5.74) is 11.1. The second-order valence-corrected chi connectivity index (χ2v) is 5.12. The molecule has 0 saturated carbocycles. The van der Waals surface area contributed by atoms with Crippen LogP contribution in [0.15, 0.2) is 36.4 Å². The summed E-state index contributed by atoms with van der Waals surface area (Å²) < 4.78 is 0. The van der Waals surface area contributed by atoms with Gasteiger partial charge in [0, 0.05) is 12.2 Å². The third-order valence-electron chi connectivity index (χ3n) is 3.26. The maximum atomic E-state index is 6.04. The van der Waals surface area contributed by atoms with Crippen LogP contribution in [0.5, 0.6) is 0 Å². The monoisotopic (exact) mass is 274 g/mol. The molecule has 0 aliphatic rings. The molecule has 0 aliphatic heterocycles. The Bertz CT molecular complexity index is 562. The van der Waals surface area contributed by atoms with E-state index in [-0.39, 0.29) is 0 Å². The molecule has 2 aromatic carbocycles. The maximum absolute atomic E-state index is 6.04. The van der Waals surface area contributed by atoms with E-state index in [1.54, 1.807) is 0 Å². The van der Waals surface area contributed by atoms with Gasteiger partial charge in [-0.25, -0.2) is 0 Å². The first-order chi connectivity index (χ1) is 9.10. The number of halogens is 1. The molecule has 19 heavy (non-hydrogen) atoms. The number of nitrogen functional groups attached to an aromatic ring is 1. The van der Waals surface area contributed by atoms with E-state index in [0.29, 0.717) is 10.7 Å². The summed E-state index contributed by atoms with van der Waals surface area (Å²) in [6, 6.07) is 12.4. The van der Waals surface area contributed by atoms with Gasteiger partial charge in [-0.1, -0.05) is 42.8 Å². The molecule has 0 heterocycles. The molecule has 100 valence electrons. The molecule has 0 aromatic heterocycles. The molecule has 0 fully saturated rings. The lowest BCUT2D eigenvalue weighted by Crippen LogP contribution is -2.02. The SMILES string of the molecule is CCc1ccc(CNc2cc(Cl)c(N)cc2C)cc1. The van der Waals surface area contributed by atoms with Gasteiger partial charge in [-0.2, -0.15) is 0 Å². The van der Waals surface area contributed by atoms with Crippen LogP contribution in [-0.2, 0) is 13.0 Å². The average Bonchev–Trinajstić information content (AvgIpc) is 2.42. The second-order valence-electron chi connectivity index (χ2n) is 4.71. The number of benzene rings is 2. The van der Waals surface area contributed by atoms with E-state index in [0.717, 1.165) is 24.2 Å². The van der Waals surface area contributed by atoms with E-state index < -0.39 is 0 Å². The van der Waals surface area contributed by atoms with Crippen molar-refractivity contribution in [1.82, 2.24) is 0 Å². The molecule has 0 radical (unpaired) electrons. The van der Waals surface area contributed by atoms with Crippen molar-refractivity contribution in [2.45, 2.75) is 26.8 Å². The molecule has 0 unspecified atom stereocenters. The Kier molecular flexibility index (Phi) is 4.33. The molecule has 0 atom stereocenters. The van der Waals surface area contributed by atoms with Crippen LogP contribution in [0.4, 0.5) is 11.4 Å². The van der Waals surface area contributed by atoms with Gasteiger partial charge in [0.25, 0.3) is 0 Å². The van der Waals surface area contributed by atoms with Crippen molar-refractivity contribution in [3.8, 4) is 0 Å². The van der Waals surface area contributed by atoms with Crippen LogP contribution in [0, 0.1) is 6.92 Å². The van der Waals surface area contributed by atoms with Crippen molar-refractivity contribution in [2.24, 2.45) is 0 Å². The van der Waals surface area contributed by atoms with E-state index in [9.17, 15) is 0 Å². The standard InChI is InChI=1S/C16H19ClN2/c1-3-12-4-6-13(7-5-12)10-19-16-9-14(17)15(18)8-11(16)2/h4-9,19H,3,10,18H2,1-2H3. The fourth-order valence-electron chi connectivity index (χ4n) is 1.98. The highest BCUT2D eigenvalue weighted by Gasteiger charge is 2.03. The van der Waals surface area contributed by atoms with Gasteiger partial charge in [0.2, 0.25) is 0 Å². The van der Waals surface area contributed by atoms with Gasteiger partial charge < -0.3 is 11.1 Å². The van der Waals surface area contributed by atoms with Gasteiger partial charge in [0.15, 0.2) is 0 Å². The minimum absolute atomic E-state index is 0.592. The Hall–Kier alpha value is -1.67. The number of hydrogen-bond acceptors (Lipinski definition) is 2. The van der Waals surface area contributed by atoms with E-state index in [1.807, 2.05) is 19.1 Å². The highest BCUT2D eigenvalue weighted by Crippen LogP contribution is 2.27. The van der Waals surface area contributed by atoms with Gasteiger partial charge in [0.1, 0.15) is 0 Å². The predicted octanol–water partition coefficient (Wildman–Crippen LogP) is 4.41. The summed E-state index contributed by atoms with van der Waals surface area (Å²) in [6.07, 6.45) is 1.07. The molecule has 0 spiro atoms. The Morgan fingerprint density at radius 2 is 1.74 bits per heavy atom. The summed E-state index contributed by atoms with van der Waals surface area (Å²) in [5.74, 6) is 0. The maximum Gasteiger partial charge on any atom is 0.0656 e. The van der Waals surface area contributed by atoms with Crippen molar-refractivity contribution in [3.63, 3.8) is 0 Å². The quantitative estimate of drug-likeness (QED) is 0.811. The van der Waals surface area contributed by atoms with Crippen LogP contribution in [0.2, 0.25) is 5.02 Å². The van der Waals surface area contributed by atoms with Crippen molar-refractivity contribution >= 4 is 23.0 Å². The normalized spacial score (nSPS) is 10.5. The second kappa shape index (κ2) is 5.98. The fraction of sp³-hybridized carbons (Fsp3) is 0.250. The molecule has 0 aliphatic carbocycles. The fourth-order valence-corrected chi connectivity index (χ4v) is 2.15. The number of aryl methyl sites for hydroxylation is 2. The topological polar surface area (TPSA) is 38.0 Å². The number of anilines is 2. The van der Waals surface area contributed by atoms with Crippen LogP contribution >= 0.6 is 11.6 Å². The van der Waals surface area contributed by atoms with Crippen LogP contribution in [0.1, 0.15) is 23.6 Å². The van der Waals surface area contributed by atoms with Gasteiger partial charge in [-0.3, -0.25) is 0 Å². The third kappa shape index (κ3) is 3.42. The molecule has 2 nitrogen and oxygen atoms in total. The molecule has 2 aromatic rings. The highest BCUT2D eigenvalue weighted by molar-refractivity contribution is 6.33. The summed E-state index contributed by atoms with van der Waals surface area (Å²) in [6.45, 7) is 4.97. The first-order valence-corrected chi connectivity index (χ1v) is 6.85. The van der Waals surface area contributed by atoms with Crippen molar-refractivity contribution in [3.05, 3.63) is 58.1 Å². The number of nitrogens with two attached hydrogens (primary N) is 1. The van der Waals surface area contributed by atoms with Crippen LogP contribution in [-0.4, -0.2) is 0 Å². The minimum atomic E-state index is 0.592. The zero-order chi connectivity index (χ0) is 13.8. The van der Waals surface area contributed by atoms with E-state index in [2.05, 4.69) is 36.5 Å². The van der Waals surface area contributed by atoms with Gasteiger partial charge in [-0.05, 0) is 42.2 Å². The third-order valence-corrected chi connectivity index (χ3v) is 3.59. The zero-order valence-corrected chi connectivity index (χ0v) is 12.1. The van der Waals surface area contributed by atoms with E-state index in [1.165, 1.54) is 11.1 Å². The molecule has 0 saturated heterocycles. The molecule has 2 rings (SSSR count). The first kappa shape index (κ1) is 13.8. The molecule has 0 bridgehead atoms.